The Balaban J connectivity index is 3.31. The summed E-state index contributed by atoms with van der Waals surface area (Å²) >= 11 is 0.746. The smallest absolute Gasteiger partial charge is 0.334 e. The number of carbonyl (C=O) groups is 1. The monoisotopic (exact) mass is 188 g/mol. The van der Waals surface area contributed by atoms with Crippen LogP contribution in [0, 0.1) is 10.1 Å². The number of primary amides is 1. The Morgan fingerprint density at radius 2 is 2.33 bits per heavy atom. The van der Waals surface area contributed by atoms with Crippen LogP contribution >= 0.6 is 11.3 Å². The van der Waals surface area contributed by atoms with Crippen molar-refractivity contribution in [1.82, 2.24) is 0 Å². The van der Waals surface area contributed by atoms with E-state index in [9.17, 15) is 14.9 Å². The summed E-state index contributed by atoms with van der Waals surface area (Å²) in [5.74, 6) is -1.44. The second kappa shape index (κ2) is 2.78. The number of rotatable bonds is 2. The van der Waals surface area contributed by atoms with Gasteiger partial charge in [-0.15, -0.1) is 11.3 Å². The van der Waals surface area contributed by atoms with Gasteiger partial charge < -0.3 is 10.8 Å². The maximum atomic E-state index is 10.6. The number of hydrogen-bond donors (Lipinski definition) is 2. The molecule has 0 fully saturated rings. The molecule has 6 nitrogen and oxygen atoms in total. The Kier molecular flexibility index (Phi) is 1.96. The summed E-state index contributed by atoms with van der Waals surface area (Å²) in [6.07, 6.45) is 0. The zero-order valence-corrected chi connectivity index (χ0v) is 6.50. The number of thiophene rings is 1. The molecule has 7 heteroatoms. The van der Waals surface area contributed by atoms with E-state index < -0.39 is 22.3 Å². The fraction of sp³-hybridized carbons (Fsp3) is 0. The van der Waals surface area contributed by atoms with Crippen molar-refractivity contribution in [2.24, 2.45) is 5.73 Å². The number of hydrogen-bond acceptors (Lipinski definition) is 5. The van der Waals surface area contributed by atoms with Gasteiger partial charge in [0, 0.05) is 5.38 Å². The van der Waals surface area contributed by atoms with Crippen LogP contribution in [0.3, 0.4) is 0 Å². The van der Waals surface area contributed by atoms with Gasteiger partial charge in [-0.3, -0.25) is 14.9 Å². The van der Waals surface area contributed by atoms with Crippen LogP contribution in [0.1, 0.15) is 9.67 Å². The lowest BCUT2D eigenvalue weighted by Crippen LogP contribution is -2.10. The molecule has 64 valence electrons. The molecule has 0 aliphatic carbocycles. The number of nitrogens with two attached hydrogens (primary N) is 1. The van der Waals surface area contributed by atoms with Crippen molar-refractivity contribution in [2.75, 3.05) is 0 Å². The van der Waals surface area contributed by atoms with Crippen LogP contribution in [-0.2, 0) is 0 Å². The highest BCUT2D eigenvalue weighted by atomic mass is 32.1. The molecule has 0 spiro atoms. The first-order valence-electron chi connectivity index (χ1n) is 2.78. The molecule has 0 saturated heterocycles. The summed E-state index contributed by atoms with van der Waals surface area (Å²) in [7, 11) is 0. The van der Waals surface area contributed by atoms with Crippen molar-refractivity contribution in [3.63, 3.8) is 0 Å². The zero-order chi connectivity index (χ0) is 9.30. The average molecular weight is 188 g/mol. The van der Waals surface area contributed by atoms with E-state index in [0.717, 1.165) is 16.7 Å². The molecule has 1 rings (SSSR count). The standard InChI is InChI=1S/C5H4N2O4S/c6-5(9)4-3(7(10)11)2(8)1-12-4/h1,8H,(H2,6,9). The Hall–Kier alpha value is -1.63. The van der Waals surface area contributed by atoms with Crippen LogP contribution in [0.4, 0.5) is 5.69 Å². The summed E-state index contributed by atoms with van der Waals surface area (Å²) in [6, 6.07) is 0. The molecule has 0 saturated carbocycles. The second-order valence-corrected chi connectivity index (χ2v) is 2.80. The van der Waals surface area contributed by atoms with Crippen molar-refractivity contribution < 1.29 is 14.8 Å². The SMILES string of the molecule is NC(=O)c1scc(O)c1[N+](=O)[O-]. The minimum absolute atomic E-state index is 0.238. The van der Waals surface area contributed by atoms with Crippen molar-refractivity contribution in [1.29, 1.82) is 0 Å². The summed E-state index contributed by atoms with van der Waals surface area (Å²) < 4.78 is 0. The molecule has 3 N–H and O–H groups in total. The number of nitro groups is 1. The lowest BCUT2D eigenvalue weighted by atomic mass is 10.3. The lowest BCUT2D eigenvalue weighted by molar-refractivity contribution is -0.385. The molecule has 1 heterocycles. The van der Waals surface area contributed by atoms with E-state index in [1.165, 1.54) is 0 Å². The summed E-state index contributed by atoms with van der Waals surface area (Å²) in [5.41, 5.74) is 4.20. The van der Waals surface area contributed by atoms with E-state index >= 15 is 0 Å². The first-order chi connectivity index (χ1) is 5.54. The maximum Gasteiger partial charge on any atom is 0.334 e. The quantitative estimate of drug-likeness (QED) is 0.519. The third-order valence-electron chi connectivity index (χ3n) is 1.15. The Bertz CT molecular complexity index is 345. The van der Waals surface area contributed by atoms with Crippen molar-refractivity contribution in [3.8, 4) is 5.75 Å². The minimum Gasteiger partial charge on any atom is -0.501 e. The van der Waals surface area contributed by atoms with Crippen LogP contribution in [0.25, 0.3) is 0 Å². The lowest BCUT2D eigenvalue weighted by Gasteiger charge is -1.89. The van der Waals surface area contributed by atoms with Gasteiger partial charge in [0.1, 0.15) is 0 Å². The molecule has 1 aromatic heterocycles. The molecule has 0 aromatic carbocycles. The van der Waals surface area contributed by atoms with Crippen LogP contribution in [0.15, 0.2) is 5.38 Å². The molecule has 1 aromatic rings. The Morgan fingerprint density at radius 3 is 2.67 bits per heavy atom. The second-order valence-electron chi connectivity index (χ2n) is 1.92. The maximum absolute atomic E-state index is 10.6. The molecule has 0 bridgehead atoms. The predicted octanol–water partition coefficient (Wildman–Crippen LogP) is 0.461. The highest BCUT2D eigenvalue weighted by Crippen LogP contribution is 2.34. The van der Waals surface area contributed by atoms with Gasteiger partial charge in [-0.05, 0) is 0 Å². The van der Waals surface area contributed by atoms with Crippen molar-refractivity contribution >= 4 is 22.9 Å². The molecular formula is C5H4N2O4S. The van der Waals surface area contributed by atoms with E-state index in [-0.39, 0.29) is 4.88 Å². The van der Waals surface area contributed by atoms with Gasteiger partial charge in [-0.1, -0.05) is 0 Å². The molecule has 0 radical (unpaired) electrons. The fourth-order valence-electron chi connectivity index (χ4n) is 0.694. The number of amides is 1. The zero-order valence-electron chi connectivity index (χ0n) is 5.68. The van der Waals surface area contributed by atoms with E-state index in [4.69, 9.17) is 10.8 Å². The summed E-state index contributed by atoms with van der Waals surface area (Å²) in [6.45, 7) is 0. The van der Waals surface area contributed by atoms with Crippen molar-refractivity contribution in [3.05, 3.63) is 20.4 Å². The van der Waals surface area contributed by atoms with E-state index in [0.29, 0.717) is 0 Å². The van der Waals surface area contributed by atoms with Crippen LogP contribution < -0.4 is 5.73 Å². The van der Waals surface area contributed by atoms with Gasteiger partial charge in [0.05, 0.1) is 4.92 Å². The number of nitrogens with zero attached hydrogens (tertiary/aromatic N) is 1. The van der Waals surface area contributed by atoms with E-state index in [2.05, 4.69) is 0 Å². The molecular weight excluding hydrogens is 184 g/mol. The summed E-state index contributed by atoms with van der Waals surface area (Å²) in [4.78, 5) is 19.7. The summed E-state index contributed by atoms with van der Waals surface area (Å²) in [5, 5.41) is 20.3. The number of aromatic hydroxyl groups is 1. The van der Waals surface area contributed by atoms with Crippen LogP contribution in [-0.4, -0.2) is 15.9 Å². The average Bonchev–Trinajstić information content (AvgIpc) is 2.30. The normalized spacial score (nSPS) is 9.67. The first kappa shape index (κ1) is 8.47. The van der Waals surface area contributed by atoms with E-state index in [1.54, 1.807) is 0 Å². The number of carbonyl (C=O) groups excluding carboxylic acids is 1. The molecule has 0 aliphatic heterocycles. The van der Waals surface area contributed by atoms with Crippen LogP contribution in [0.5, 0.6) is 5.75 Å². The highest BCUT2D eigenvalue weighted by molar-refractivity contribution is 7.13. The van der Waals surface area contributed by atoms with E-state index in [1.807, 2.05) is 0 Å². The van der Waals surface area contributed by atoms with Crippen LogP contribution in [0.2, 0.25) is 0 Å². The van der Waals surface area contributed by atoms with Gasteiger partial charge in [-0.2, -0.15) is 0 Å². The fourth-order valence-corrected chi connectivity index (χ4v) is 1.44. The third-order valence-corrected chi connectivity index (χ3v) is 2.12. The molecule has 0 unspecified atom stereocenters. The first-order valence-corrected chi connectivity index (χ1v) is 3.66. The Labute approximate surface area is 70.4 Å². The minimum atomic E-state index is -0.910. The highest BCUT2D eigenvalue weighted by Gasteiger charge is 2.25. The van der Waals surface area contributed by atoms with Gasteiger partial charge in [0.15, 0.2) is 4.88 Å². The third kappa shape index (κ3) is 1.21. The van der Waals surface area contributed by atoms with Gasteiger partial charge in [-0.25, -0.2) is 0 Å². The van der Waals surface area contributed by atoms with Gasteiger partial charge in [0.25, 0.3) is 5.91 Å². The van der Waals surface area contributed by atoms with Crippen molar-refractivity contribution in [2.45, 2.75) is 0 Å². The largest absolute Gasteiger partial charge is 0.501 e. The molecule has 0 aliphatic rings. The van der Waals surface area contributed by atoms with Gasteiger partial charge >= 0.3 is 5.69 Å². The molecule has 12 heavy (non-hydrogen) atoms. The molecule has 0 atom stereocenters. The topological polar surface area (TPSA) is 106 Å². The Morgan fingerprint density at radius 1 is 1.75 bits per heavy atom. The predicted molar refractivity (Wildman–Crippen MR) is 41.2 cm³/mol. The molecule has 1 amide bonds. The van der Waals surface area contributed by atoms with Gasteiger partial charge in [0.2, 0.25) is 5.75 Å².